The maximum Gasteiger partial charge on any atom is 0.160 e. The molecule has 0 aliphatic carbocycles. The van der Waals surface area contributed by atoms with Crippen molar-refractivity contribution in [2.45, 2.75) is 45.2 Å². The van der Waals surface area contributed by atoms with Crippen LogP contribution in [0.3, 0.4) is 0 Å². The van der Waals surface area contributed by atoms with Crippen LogP contribution in [0, 0.1) is 0 Å². The van der Waals surface area contributed by atoms with Crippen LogP contribution in [-0.4, -0.2) is 15.6 Å². The highest BCUT2D eigenvalue weighted by molar-refractivity contribution is 5.86. The minimum Gasteiger partial charge on any atom is -0.318 e. The maximum atomic E-state index is 12.3. The molecule has 1 heterocycles. The fraction of sp³-hybridized carbons (Fsp3) is 0.412. The van der Waals surface area contributed by atoms with E-state index in [9.17, 15) is 4.79 Å². The van der Waals surface area contributed by atoms with Crippen molar-refractivity contribution in [1.29, 1.82) is 0 Å². The maximum absolute atomic E-state index is 12.3. The Labute approximate surface area is 126 Å². The van der Waals surface area contributed by atoms with Gasteiger partial charge in [-0.3, -0.25) is 9.48 Å². The summed E-state index contributed by atoms with van der Waals surface area (Å²) in [6.45, 7) is 4.29. The van der Waals surface area contributed by atoms with Crippen LogP contribution in [-0.2, 0) is 11.2 Å². The van der Waals surface area contributed by atoms with E-state index in [1.54, 1.807) is 0 Å². The molecule has 112 valence electrons. The van der Waals surface area contributed by atoms with E-state index in [-0.39, 0.29) is 12.2 Å². The van der Waals surface area contributed by atoms with Gasteiger partial charge >= 0.3 is 0 Å². The number of ketones is 1. The van der Waals surface area contributed by atoms with Gasteiger partial charge in [-0.05, 0) is 24.5 Å². The molecule has 4 nitrogen and oxygen atoms in total. The van der Waals surface area contributed by atoms with E-state index >= 15 is 0 Å². The van der Waals surface area contributed by atoms with Crippen LogP contribution in [0.1, 0.15) is 50.0 Å². The third-order valence-electron chi connectivity index (χ3n) is 3.84. The number of rotatable bonds is 7. The Bertz CT molecular complexity index is 573. The smallest absolute Gasteiger partial charge is 0.160 e. The Balaban J connectivity index is 2.03. The summed E-state index contributed by atoms with van der Waals surface area (Å²) in [6.07, 6.45) is 4.31. The summed E-state index contributed by atoms with van der Waals surface area (Å²) in [7, 11) is 0. The van der Waals surface area contributed by atoms with Gasteiger partial charge in [0.1, 0.15) is 0 Å². The molecule has 0 spiro atoms. The summed E-state index contributed by atoms with van der Waals surface area (Å²) in [5.41, 5.74) is 7.66. The standard InChI is InChI=1S/C17H23N3O/c1-3-15(4-2)20-11-10-14(19-20)12-16(21)17(18)13-8-6-5-7-9-13/h5-11,15,17H,3-4,12,18H2,1-2H3. The largest absolute Gasteiger partial charge is 0.318 e. The van der Waals surface area contributed by atoms with Crippen molar-refractivity contribution in [2.75, 3.05) is 0 Å². The van der Waals surface area contributed by atoms with Crippen molar-refractivity contribution in [3.05, 3.63) is 53.9 Å². The molecule has 0 fully saturated rings. The summed E-state index contributed by atoms with van der Waals surface area (Å²) in [6, 6.07) is 11.2. The molecular formula is C17H23N3O. The predicted molar refractivity (Wildman–Crippen MR) is 83.9 cm³/mol. The van der Waals surface area contributed by atoms with Crippen LogP contribution in [0.25, 0.3) is 0 Å². The summed E-state index contributed by atoms with van der Waals surface area (Å²) in [4.78, 5) is 12.3. The molecule has 0 radical (unpaired) electrons. The summed E-state index contributed by atoms with van der Waals surface area (Å²) in [5, 5.41) is 4.51. The van der Waals surface area contributed by atoms with E-state index in [2.05, 4.69) is 18.9 Å². The van der Waals surface area contributed by atoms with Crippen molar-refractivity contribution >= 4 is 5.78 Å². The van der Waals surface area contributed by atoms with E-state index in [0.29, 0.717) is 6.04 Å². The average Bonchev–Trinajstić information content (AvgIpc) is 2.97. The van der Waals surface area contributed by atoms with Crippen LogP contribution < -0.4 is 5.73 Å². The van der Waals surface area contributed by atoms with Gasteiger partial charge in [-0.2, -0.15) is 5.10 Å². The summed E-state index contributed by atoms with van der Waals surface area (Å²) < 4.78 is 1.96. The normalized spacial score (nSPS) is 12.6. The molecule has 2 aromatic rings. The number of aromatic nitrogens is 2. The van der Waals surface area contributed by atoms with Gasteiger partial charge in [0.05, 0.1) is 24.2 Å². The molecule has 0 saturated carbocycles. The molecule has 2 N–H and O–H groups in total. The monoisotopic (exact) mass is 285 g/mol. The third kappa shape index (κ3) is 3.79. The highest BCUT2D eigenvalue weighted by atomic mass is 16.1. The second kappa shape index (κ2) is 7.18. The van der Waals surface area contributed by atoms with Gasteiger partial charge < -0.3 is 5.73 Å². The highest BCUT2D eigenvalue weighted by Crippen LogP contribution is 2.16. The quantitative estimate of drug-likeness (QED) is 0.850. The van der Waals surface area contributed by atoms with Crippen molar-refractivity contribution < 1.29 is 4.79 Å². The number of benzene rings is 1. The van der Waals surface area contributed by atoms with Gasteiger partial charge in [0.25, 0.3) is 0 Å². The van der Waals surface area contributed by atoms with Gasteiger partial charge in [-0.1, -0.05) is 44.2 Å². The van der Waals surface area contributed by atoms with Crippen molar-refractivity contribution in [1.82, 2.24) is 9.78 Å². The van der Waals surface area contributed by atoms with Crippen LogP contribution in [0.4, 0.5) is 0 Å². The summed E-state index contributed by atoms with van der Waals surface area (Å²) >= 11 is 0. The minimum atomic E-state index is -0.579. The number of hydrogen-bond acceptors (Lipinski definition) is 3. The fourth-order valence-corrected chi connectivity index (χ4v) is 2.47. The SMILES string of the molecule is CCC(CC)n1ccc(CC(=O)C(N)c2ccccc2)n1. The van der Waals surface area contributed by atoms with E-state index in [4.69, 9.17) is 5.73 Å². The molecule has 2 rings (SSSR count). The molecular weight excluding hydrogens is 262 g/mol. The first-order valence-corrected chi connectivity index (χ1v) is 7.53. The van der Waals surface area contributed by atoms with Crippen LogP contribution in [0.15, 0.2) is 42.6 Å². The van der Waals surface area contributed by atoms with Gasteiger partial charge in [0.2, 0.25) is 0 Å². The first-order valence-electron chi connectivity index (χ1n) is 7.53. The van der Waals surface area contributed by atoms with Crippen molar-refractivity contribution in [3.63, 3.8) is 0 Å². The molecule has 0 bridgehead atoms. The molecule has 1 aromatic carbocycles. The number of Topliss-reactive ketones (excluding diaryl/α,β-unsaturated/α-hetero) is 1. The number of carbonyl (C=O) groups is 1. The first-order chi connectivity index (χ1) is 10.2. The third-order valence-corrected chi connectivity index (χ3v) is 3.84. The molecule has 0 aliphatic heterocycles. The summed E-state index contributed by atoms with van der Waals surface area (Å²) in [5.74, 6) is -0.00371. The van der Waals surface area contributed by atoms with Gasteiger partial charge in [-0.25, -0.2) is 0 Å². The lowest BCUT2D eigenvalue weighted by molar-refractivity contribution is -0.119. The van der Waals surface area contributed by atoms with E-state index < -0.39 is 6.04 Å². The molecule has 1 aromatic heterocycles. The van der Waals surface area contributed by atoms with Gasteiger partial charge in [0.15, 0.2) is 5.78 Å². The first kappa shape index (κ1) is 15.4. The lowest BCUT2D eigenvalue weighted by atomic mass is 10.0. The topological polar surface area (TPSA) is 60.9 Å². The molecule has 0 aliphatic rings. The fourth-order valence-electron chi connectivity index (χ4n) is 2.47. The van der Waals surface area contributed by atoms with Crippen LogP contribution in [0.5, 0.6) is 0 Å². The molecule has 1 atom stereocenters. The number of nitrogens with zero attached hydrogens (tertiary/aromatic N) is 2. The van der Waals surface area contributed by atoms with Gasteiger partial charge in [-0.15, -0.1) is 0 Å². The number of nitrogens with two attached hydrogens (primary N) is 1. The molecule has 21 heavy (non-hydrogen) atoms. The number of hydrogen-bond donors (Lipinski definition) is 1. The lowest BCUT2D eigenvalue weighted by Crippen LogP contribution is -2.23. The van der Waals surface area contributed by atoms with Crippen LogP contribution >= 0.6 is 0 Å². The molecule has 4 heteroatoms. The average molecular weight is 285 g/mol. The zero-order valence-electron chi connectivity index (χ0n) is 12.7. The van der Waals surface area contributed by atoms with Crippen molar-refractivity contribution in [3.8, 4) is 0 Å². The van der Waals surface area contributed by atoms with Crippen molar-refractivity contribution in [2.24, 2.45) is 5.73 Å². The Morgan fingerprint density at radius 1 is 1.19 bits per heavy atom. The second-order valence-corrected chi connectivity index (χ2v) is 5.29. The Morgan fingerprint density at radius 3 is 2.48 bits per heavy atom. The zero-order valence-corrected chi connectivity index (χ0v) is 12.7. The molecule has 0 amide bonds. The zero-order chi connectivity index (χ0) is 15.2. The Hall–Kier alpha value is -1.94. The predicted octanol–water partition coefficient (Wildman–Crippen LogP) is 3.06. The Kier molecular flexibility index (Phi) is 5.28. The Morgan fingerprint density at radius 2 is 1.86 bits per heavy atom. The van der Waals surface area contributed by atoms with Gasteiger partial charge in [0, 0.05) is 6.20 Å². The highest BCUT2D eigenvalue weighted by Gasteiger charge is 2.17. The minimum absolute atomic E-state index is 0.00371. The number of carbonyl (C=O) groups excluding carboxylic acids is 1. The van der Waals surface area contributed by atoms with E-state index in [1.807, 2.05) is 47.3 Å². The van der Waals surface area contributed by atoms with Crippen LogP contribution in [0.2, 0.25) is 0 Å². The molecule has 1 unspecified atom stereocenters. The molecule has 0 saturated heterocycles. The van der Waals surface area contributed by atoms with E-state index in [1.165, 1.54) is 0 Å². The second-order valence-electron chi connectivity index (χ2n) is 5.29. The lowest BCUT2D eigenvalue weighted by Gasteiger charge is -2.12. The van der Waals surface area contributed by atoms with E-state index in [0.717, 1.165) is 24.1 Å².